The Bertz CT molecular complexity index is 938. The zero-order valence-corrected chi connectivity index (χ0v) is 21.2. The molecule has 0 heterocycles. The standard InChI is InChI=1S/C25H29ClINO3/c1-25(2,3)31-24(29)28(15-9-14-26)21-16-22(30-17-18-10-5-4-6-11-18)19-12-7-8-13-20(19)23(21)27/h4-6,9-11,14,16H,7-8,12-13,15,17H2,1-3H3/b14-9+. The van der Waals surface area contributed by atoms with E-state index in [1.165, 1.54) is 16.7 Å². The van der Waals surface area contributed by atoms with Crippen LogP contribution in [0.5, 0.6) is 5.75 Å². The van der Waals surface area contributed by atoms with Crippen molar-refractivity contribution in [3.63, 3.8) is 0 Å². The number of halogens is 2. The van der Waals surface area contributed by atoms with E-state index in [9.17, 15) is 4.79 Å². The average molecular weight is 554 g/mol. The summed E-state index contributed by atoms with van der Waals surface area (Å²) in [6.07, 6.45) is 5.60. The van der Waals surface area contributed by atoms with Crippen LogP contribution in [-0.4, -0.2) is 18.2 Å². The lowest BCUT2D eigenvalue weighted by Crippen LogP contribution is -2.37. The first kappa shape index (κ1) is 23.9. The van der Waals surface area contributed by atoms with Gasteiger partial charge >= 0.3 is 6.09 Å². The van der Waals surface area contributed by atoms with Crippen LogP contribution in [0.4, 0.5) is 10.5 Å². The van der Waals surface area contributed by atoms with Gasteiger partial charge in [-0.05, 0) is 85.7 Å². The number of anilines is 1. The Hall–Kier alpha value is -1.73. The summed E-state index contributed by atoms with van der Waals surface area (Å²) in [5, 5.41) is 0. The number of hydrogen-bond donors (Lipinski definition) is 0. The molecule has 0 spiro atoms. The number of ether oxygens (including phenoxy) is 2. The van der Waals surface area contributed by atoms with E-state index < -0.39 is 11.7 Å². The van der Waals surface area contributed by atoms with Crippen molar-refractivity contribution < 1.29 is 14.3 Å². The summed E-state index contributed by atoms with van der Waals surface area (Å²) in [5.74, 6) is 0.845. The van der Waals surface area contributed by atoms with Gasteiger partial charge in [0.15, 0.2) is 0 Å². The van der Waals surface area contributed by atoms with E-state index in [1.54, 1.807) is 11.0 Å². The summed E-state index contributed by atoms with van der Waals surface area (Å²) in [4.78, 5) is 14.7. The molecule has 2 aromatic rings. The van der Waals surface area contributed by atoms with Gasteiger partial charge in [-0.2, -0.15) is 0 Å². The third kappa shape index (κ3) is 6.39. The quantitative estimate of drug-likeness (QED) is 0.354. The highest BCUT2D eigenvalue weighted by atomic mass is 127. The molecule has 1 aliphatic carbocycles. The Morgan fingerprint density at radius 2 is 1.84 bits per heavy atom. The molecule has 0 bridgehead atoms. The second kappa shape index (κ2) is 10.7. The fourth-order valence-corrected chi connectivity index (χ4v) is 4.76. The van der Waals surface area contributed by atoms with Crippen LogP contribution in [0.2, 0.25) is 0 Å². The molecule has 1 amide bonds. The van der Waals surface area contributed by atoms with E-state index in [0.29, 0.717) is 13.2 Å². The molecule has 0 radical (unpaired) electrons. The largest absolute Gasteiger partial charge is 0.489 e. The molecule has 0 saturated heterocycles. The lowest BCUT2D eigenvalue weighted by molar-refractivity contribution is 0.0584. The Kier molecular flexibility index (Phi) is 8.28. The third-order valence-electron chi connectivity index (χ3n) is 5.04. The van der Waals surface area contributed by atoms with Crippen LogP contribution in [-0.2, 0) is 24.2 Å². The lowest BCUT2D eigenvalue weighted by atomic mass is 9.90. The van der Waals surface area contributed by atoms with Gasteiger partial charge in [0, 0.05) is 21.7 Å². The highest BCUT2D eigenvalue weighted by Gasteiger charge is 2.28. The number of fused-ring (bicyclic) bond motifs is 1. The zero-order chi connectivity index (χ0) is 22.4. The van der Waals surface area contributed by atoms with E-state index in [2.05, 4.69) is 34.7 Å². The fourth-order valence-electron chi connectivity index (χ4n) is 3.64. The van der Waals surface area contributed by atoms with Gasteiger partial charge in [0.2, 0.25) is 0 Å². The van der Waals surface area contributed by atoms with Crippen molar-refractivity contribution in [3.8, 4) is 5.75 Å². The van der Waals surface area contributed by atoms with Crippen molar-refractivity contribution in [2.75, 3.05) is 11.4 Å². The maximum Gasteiger partial charge on any atom is 0.415 e. The van der Waals surface area contributed by atoms with Crippen LogP contribution in [0.3, 0.4) is 0 Å². The van der Waals surface area contributed by atoms with Crippen LogP contribution >= 0.6 is 34.2 Å². The molecular weight excluding hydrogens is 525 g/mol. The SMILES string of the molecule is CC(C)(C)OC(=O)N(C/C=C/Cl)c1cc(OCc2ccccc2)c2c(c1I)CCCC2. The zero-order valence-electron chi connectivity index (χ0n) is 18.3. The van der Waals surface area contributed by atoms with Crippen LogP contribution < -0.4 is 9.64 Å². The number of benzene rings is 2. The Balaban J connectivity index is 2.01. The number of amides is 1. The molecule has 0 atom stereocenters. The molecule has 0 N–H and O–H groups in total. The maximum absolute atomic E-state index is 13.1. The molecule has 4 nitrogen and oxygen atoms in total. The van der Waals surface area contributed by atoms with Crippen molar-refractivity contribution in [1.29, 1.82) is 0 Å². The van der Waals surface area contributed by atoms with Crippen molar-refractivity contribution >= 4 is 46.0 Å². The van der Waals surface area contributed by atoms with Crippen molar-refractivity contribution in [1.82, 2.24) is 0 Å². The highest BCUT2D eigenvalue weighted by Crippen LogP contribution is 2.40. The van der Waals surface area contributed by atoms with E-state index in [4.69, 9.17) is 21.1 Å². The Morgan fingerprint density at radius 3 is 2.48 bits per heavy atom. The highest BCUT2D eigenvalue weighted by molar-refractivity contribution is 14.1. The molecular formula is C25H29ClINO3. The predicted molar refractivity (Wildman–Crippen MR) is 135 cm³/mol. The first-order chi connectivity index (χ1) is 14.8. The third-order valence-corrected chi connectivity index (χ3v) is 6.42. The van der Waals surface area contributed by atoms with Gasteiger partial charge in [-0.1, -0.05) is 48.0 Å². The molecule has 0 fully saturated rings. The summed E-state index contributed by atoms with van der Waals surface area (Å²) >= 11 is 8.14. The van der Waals surface area contributed by atoms with Crippen LogP contribution in [0.15, 0.2) is 48.0 Å². The minimum atomic E-state index is -0.591. The predicted octanol–water partition coefficient (Wildman–Crippen LogP) is 7.24. The van der Waals surface area contributed by atoms with Gasteiger partial charge < -0.3 is 9.47 Å². The topological polar surface area (TPSA) is 38.8 Å². The van der Waals surface area contributed by atoms with Gasteiger partial charge in [0.25, 0.3) is 0 Å². The summed E-state index contributed by atoms with van der Waals surface area (Å²) in [6.45, 7) is 6.42. The van der Waals surface area contributed by atoms with Crippen LogP contribution in [0.25, 0.3) is 0 Å². The molecule has 0 aromatic heterocycles. The number of carbonyl (C=O) groups is 1. The normalized spacial score (nSPS) is 13.7. The van der Waals surface area contributed by atoms with Crippen molar-refractivity contribution in [3.05, 3.63) is 68.3 Å². The molecule has 6 heteroatoms. The van der Waals surface area contributed by atoms with Gasteiger partial charge in [0.1, 0.15) is 18.0 Å². The lowest BCUT2D eigenvalue weighted by Gasteiger charge is -2.30. The van der Waals surface area contributed by atoms with Crippen molar-refractivity contribution in [2.24, 2.45) is 0 Å². The number of carbonyl (C=O) groups excluding carboxylic acids is 1. The van der Waals surface area contributed by atoms with E-state index in [-0.39, 0.29) is 0 Å². The first-order valence-corrected chi connectivity index (χ1v) is 12.1. The van der Waals surface area contributed by atoms with Crippen LogP contribution in [0.1, 0.15) is 50.3 Å². The van der Waals surface area contributed by atoms with E-state index in [0.717, 1.165) is 46.3 Å². The van der Waals surface area contributed by atoms with Gasteiger partial charge in [-0.3, -0.25) is 4.90 Å². The Morgan fingerprint density at radius 1 is 1.16 bits per heavy atom. The van der Waals surface area contributed by atoms with Gasteiger partial charge in [0.05, 0.1) is 5.69 Å². The molecule has 0 aliphatic heterocycles. The first-order valence-electron chi connectivity index (χ1n) is 10.6. The number of rotatable bonds is 6. The van der Waals surface area contributed by atoms with E-state index in [1.807, 2.05) is 45.0 Å². The summed E-state index contributed by atoms with van der Waals surface area (Å²) in [6, 6.07) is 12.1. The average Bonchev–Trinajstić information content (AvgIpc) is 2.74. The molecule has 3 rings (SSSR count). The second-order valence-corrected chi connectivity index (χ2v) is 9.93. The summed E-state index contributed by atoms with van der Waals surface area (Å²) in [5.41, 5.74) is 5.28. The molecule has 1 aliphatic rings. The maximum atomic E-state index is 13.1. The molecule has 0 unspecified atom stereocenters. The van der Waals surface area contributed by atoms with Crippen LogP contribution in [0, 0.1) is 3.57 Å². The summed E-state index contributed by atoms with van der Waals surface area (Å²) < 4.78 is 13.1. The number of hydrogen-bond acceptors (Lipinski definition) is 3. The monoisotopic (exact) mass is 553 g/mol. The van der Waals surface area contributed by atoms with Crippen molar-refractivity contribution in [2.45, 2.75) is 58.7 Å². The Labute approximate surface area is 203 Å². The molecule has 31 heavy (non-hydrogen) atoms. The number of nitrogens with zero attached hydrogens (tertiary/aromatic N) is 1. The molecule has 0 saturated carbocycles. The smallest absolute Gasteiger partial charge is 0.415 e. The minimum absolute atomic E-state index is 0.325. The van der Waals surface area contributed by atoms with E-state index >= 15 is 0 Å². The fraction of sp³-hybridized carbons (Fsp3) is 0.400. The van der Waals surface area contributed by atoms with Gasteiger partial charge in [-0.25, -0.2) is 4.79 Å². The summed E-state index contributed by atoms with van der Waals surface area (Å²) in [7, 11) is 0. The molecule has 2 aromatic carbocycles. The van der Waals surface area contributed by atoms with Gasteiger partial charge in [-0.15, -0.1) is 0 Å². The molecule has 166 valence electrons. The minimum Gasteiger partial charge on any atom is -0.489 e. The second-order valence-electron chi connectivity index (χ2n) is 8.60.